The highest BCUT2D eigenvalue weighted by atomic mass is 16.5. The number of hydrogen-bond acceptors (Lipinski definition) is 7. The molecule has 196 valence electrons. The van der Waals surface area contributed by atoms with E-state index in [0.717, 1.165) is 54.7 Å². The van der Waals surface area contributed by atoms with E-state index in [4.69, 9.17) is 13.9 Å². The van der Waals surface area contributed by atoms with Crippen LogP contribution in [0.4, 0.5) is 5.69 Å². The van der Waals surface area contributed by atoms with E-state index in [-0.39, 0.29) is 12.6 Å². The molecule has 4 rings (SSSR count). The van der Waals surface area contributed by atoms with Crippen molar-refractivity contribution >= 4 is 17.5 Å². The van der Waals surface area contributed by atoms with E-state index in [1.165, 1.54) is 0 Å². The van der Waals surface area contributed by atoms with Crippen LogP contribution in [-0.4, -0.2) is 70.2 Å². The molecule has 0 saturated carbocycles. The van der Waals surface area contributed by atoms with Gasteiger partial charge in [0.15, 0.2) is 0 Å². The molecule has 1 unspecified atom stereocenters. The summed E-state index contributed by atoms with van der Waals surface area (Å²) in [4.78, 5) is 29.5. The number of nitrogens with zero attached hydrogens (tertiary/aromatic N) is 2. The molecule has 1 atom stereocenters. The van der Waals surface area contributed by atoms with Gasteiger partial charge in [-0.3, -0.25) is 14.5 Å². The number of carbonyl (C=O) groups excluding carboxylic acids is 2. The lowest BCUT2D eigenvalue weighted by atomic mass is 10.1. The molecule has 1 aliphatic rings. The maximum Gasteiger partial charge on any atom is 0.309 e. The number of methoxy groups -OCH3 is 2. The Hall–Kier alpha value is -3.98. The van der Waals surface area contributed by atoms with Crippen molar-refractivity contribution < 1.29 is 23.5 Å². The summed E-state index contributed by atoms with van der Waals surface area (Å²) in [5.74, 6) is 1.04. The summed E-state index contributed by atoms with van der Waals surface area (Å²) in [6.07, 6.45) is 2.19. The van der Waals surface area contributed by atoms with Gasteiger partial charge in [-0.2, -0.15) is 0 Å². The molecule has 2 N–H and O–H groups in total. The van der Waals surface area contributed by atoms with E-state index < -0.39 is 11.8 Å². The lowest BCUT2D eigenvalue weighted by molar-refractivity contribution is -0.139. The number of carbonyl (C=O) groups is 2. The maximum absolute atomic E-state index is 12.5. The summed E-state index contributed by atoms with van der Waals surface area (Å²) in [5, 5.41) is 5.48. The first kappa shape index (κ1) is 26.1. The van der Waals surface area contributed by atoms with Crippen molar-refractivity contribution in [3.63, 3.8) is 0 Å². The topological polar surface area (TPSA) is 96.3 Å². The number of nitrogens with one attached hydrogen (secondary N) is 2. The van der Waals surface area contributed by atoms with E-state index in [1.54, 1.807) is 20.5 Å². The first-order valence-electron chi connectivity index (χ1n) is 12.4. The third-order valence-electron chi connectivity index (χ3n) is 6.60. The van der Waals surface area contributed by atoms with Crippen molar-refractivity contribution in [3.8, 4) is 11.5 Å². The Morgan fingerprint density at radius 3 is 2.30 bits per heavy atom. The Morgan fingerprint density at radius 2 is 1.62 bits per heavy atom. The molecule has 1 aromatic heterocycles. The molecule has 9 heteroatoms. The van der Waals surface area contributed by atoms with Crippen molar-refractivity contribution in [1.82, 2.24) is 15.5 Å². The Bertz CT molecular complexity index is 1140. The molecule has 9 nitrogen and oxygen atoms in total. The van der Waals surface area contributed by atoms with Crippen LogP contribution in [0.15, 0.2) is 71.3 Å². The van der Waals surface area contributed by atoms with Gasteiger partial charge in [-0.1, -0.05) is 18.2 Å². The van der Waals surface area contributed by atoms with Crippen molar-refractivity contribution in [3.05, 3.63) is 78.3 Å². The normalized spacial score (nSPS) is 14.6. The van der Waals surface area contributed by atoms with Gasteiger partial charge in [0.05, 0.1) is 26.5 Å². The second-order valence-electron chi connectivity index (χ2n) is 8.78. The molecule has 1 aliphatic heterocycles. The molecular weight excluding hydrogens is 472 g/mol. The van der Waals surface area contributed by atoms with Gasteiger partial charge in [0.25, 0.3) is 0 Å². The van der Waals surface area contributed by atoms with E-state index >= 15 is 0 Å². The number of anilines is 1. The Morgan fingerprint density at radius 1 is 0.892 bits per heavy atom. The summed E-state index contributed by atoms with van der Waals surface area (Å²) >= 11 is 0. The number of para-hydroxylation sites is 1. The zero-order valence-electron chi connectivity index (χ0n) is 21.3. The Balaban J connectivity index is 1.28. The monoisotopic (exact) mass is 506 g/mol. The van der Waals surface area contributed by atoms with Gasteiger partial charge in [0.1, 0.15) is 17.3 Å². The lowest BCUT2D eigenvalue weighted by Crippen LogP contribution is -2.50. The van der Waals surface area contributed by atoms with Gasteiger partial charge in [-0.05, 0) is 54.4 Å². The predicted molar refractivity (Wildman–Crippen MR) is 141 cm³/mol. The van der Waals surface area contributed by atoms with Crippen LogP contribution in [0.25, 0.3) is 0 Å². The highest BCUT2D eigenvalue weighted by molar-refractivity contribution is 6.35. The summed E-state index contributed by atoms with van der Waals surface area (Å²) in [7, 11) is 3.27. The Kier molecular flexibility index (Phi) is 9.04. The number of ether oxygens (including phenoxy) is 2. The van der Waals surface area contributed by atoms with E-state index in [0.29, 0.717) is 13.0 Å². The van der Waals surface area contributed by atoms with E-state index in [9.17, 15) is 9.59 Å². The molecule has 0 radical (unpaired) electrons. The second-order valence-corrected chi connectivity index (χ2v) is 8.78. The number of amides is 2. The third-order valence-corrected chi connectivity index (χ3v) is 6.60. The largest absolute Gasteiger partial charge is 0.497 e. The number of rotatable bonds is 10. The minimum absolute atomic E-state index is 0.168. The third kappa shape index (κ3) is 6.83. The van der Waals surface area contributed by atoms with Gasteiger partial charge in [0.2, 0.25) is 0 Å². The van der Waals surface area contributed by atoms with Crippen LogP contribution in [0.1, 0.15) is 17.4 Å². The van der Waals surface area contributed by atoms with Gasteiger partial charge in [0, 0.05) is 45.0 Å². The van der Waals surface area contributed by atoms with Crippen LogP contribution in [0.2, 0.25) is 0 Å². The predicted octanol–water partition coefficient (Wildman–Crippen LogP) is 2.64. The zero-order valence-corrected chi connectivity index (χ0v) is 21.3. The highest BCUT2D eigenvalue weighted by Gasteiger charge is 2.28. The molecular formula is C28H34N4O5. The average molecular weight is 507 g/mol. The second kappa shape index (κ2) is 12.8. The van der Waals surface area contributed by atoms with Crippen molar-refractivity contribution in [2.45, 2.75) is 12.5 Å². The van der Waals surface area contributed by atoms with E-state index in [1.807, 2.05) is 48.5 Å². The maximum atomic E-state index is 12.5. The molecule has 1 fully saturated rings. The summed E-state index contributed by atoms with van der Waals surface area (Å²) in [6, 6.07) is 19.2. The van der Waals surface area contributed by atoms with Gasteiger partial charge in [-0.25, -0.2) is 0 Å². The van der Waals surface area contributed by atoms with Crippen LogP contribution in [0, 0.1) is 0 Å². The quantitative estimate of drug-likeness (QED) is 0.408. The van der Waals surface area contributed by atoms with Crippen LogP contribution < -0.4 is 25.0 Å². The summed E-state index contributed by atoms with van der Waals surface area (Å²) in [6.45, 7) is 3.86. The first-order valence-corrected chi connectivity index (χ1v) is 12.4. The minimum Gasteiger partial charge on any atom is -0.497 e. The average Bonchev–Trinajstić information content (AvgIpc) is 3.48. The standard InChI is InChI=1S/C28H34N4O5/c1-35-23-11-9-22(10-12-23)31-15-17-32(18-16-31)24(26-8-5-19-37-26)20-30-28(34)27(33)29-14-13-21-6-3-4-7-25(21)36-2/h3-12,19,24H,13-18,20H2,1-2H3,(H,29,33)(H,30,34). The van der Waals surface area contributed by atoms with E-state index in [2.05, 4.69) is 32.6 Å². The van der Waals surface area contributed by atoms with Gasteiger partial charge >= 0.3 is 11.8 Å². The zero-order chi connectivity index (χ0) is 26.0. The Labute approximate surface area is 217 Å². The summed E-state index contributed by atoms with van der Waals surface area (Å²) < 4.78 is 16.3. The fourth-order valence-electron chi connectivity index (χ4n) is 4.55. The van der Waals surface area contributed by atoms with Crippen LogP contribution in [0.3, 0.4) is 0 Å². The van der Waals surface area contributed by atoms with Crippen molar-refractivity contribution in [2.75, 3.05) is 58.4 Å². The van der Waals surface area contributed by atoms with Crippen LogP contribution in [0.5, 0.6) is 11.5 Å². The number of furan rings is 1. The SMILES string of the molecule is COc1ccc(N2CCN(C(CNC(=O)C(=O)NCCc3ccccc3OC)c3ccco3)CC2)cc1. The van der Waals surface area contributed by atoms with Crippen LogP contribution >= 0.6 is 0 Å². The number of hydrogen-bond donors (Lipinski definition) is 2. The van der Waals surface area contributed by atoms with Crippen molar-refractivity contribution in [2.24, 2.45) is 0 Å². The van der Waals surface area contributed by atoms with Crippen molar-refractivity contribution in [1.29, 1.82) is 0 Å². The molecule has 0 spiro atoms. The molecule has 3 aromatic rings. The molecule has 2 amide bonds. The first-order chi connectivity index (χ1) is 18.1. The summed E-state index contributed by atoms with van der Waals surface area (Å²) in [5.41, 5.74) is 2.12. The molecule has 1 saturated heterocycles. The number of benzene rings is 2. The smallest absolute Gasteiger partial charge is 0.309 e. The fourth-order valence-corrected chi connectivity index (χ4v) is 4.55. The lowest BCUT2D eigenvalue weighted by Gasteiger charge is -2.39. The minimum atomic E-state index is -0.659. The molecule has 2 heterocycles. The van der Waals surface area contributed by atoms with Gasteiger partial charge in [-0.15, -0.1) is 0 Å². The molecule has 0 aliphatic carbocycles. The van der Waals surface area contributed by atoms with Gasteiger partial charge < -0.3 is 29.4 Å². The number of piperazine rings is 1. The molecule has 0 bridgehead atoms. The molecule has 2 aromatic carbocycles. The highest BCUT2D eigenvalue weighted by Crippen LogP contribution is 2.25. The molecule has 37 heavy (non-hydrogen) atoms. The van der Waals surface area contributed by atoms with Crippen LogP contribution in [-0.2, 0) is 16.0 Å². The fraction of sp³-hybridized carbons (Fsp3) is 0.357.